The Morgan fingerprint density at radius 3 is 2.30 bits per heavy atom. The van der Waals surface area contributed by atoms with Crippen LogP contribution in [0.4, 0.5) is 5.69 Å². The monoisotopic (exact) mass is 467 g/mol. The summed E-state index contributed by atoms with van der Waals surface area (Å²) in [6, 6.07) is 16.0. The summed E-state index contributed by atoms with van der Waals surface area (Å²) in [6.45, 7) is 8.68. The van der Waals surface area contributed by atoms with Crippen LogP contribution in [0.15, 0.2) is 48.5 Å². The number of carbonyl (C=O) groups is 2. The summed E-state index contributed by atoms with van der Waals surface area (Å²) in [4.78, 5) is 32.6. The number of likely N-dealkylation sites (N-methyl/N-ethyl adjacent to an activating group) is 1. The van der Waals surface area contributed by atoms with Gasteiger partial charge in [-0.25, -0.2) is 0 Å². The van der Waals surface area contributed by atoms with Gasteiger partial charge in [0.1, 0.15) is 0 Å². The Hall–Kier alpha value is -2.37. The molecule has 2 aromatic carbocycles. The molecule has 33 heavy (non-hydrogen) atoms. The zero-order valence-electron chi connectivity index (χ0n) is 19.7. The fourth-order valence-corrected chi connectivity index (χ4v) is 5.48. The van der Waals surface area contributed by atoms with Crippen LogP contribution in [0.5, 0.6) is 0 Å². The molecule has 0 saturated carbocycles. The molecular weight excluding hydrogens is 434 g/mol. The Kier molecular flexibility index (Phi) is 7.40. The lowest BCUT2D eigenvalue weighted by molar-refractivity contribution is -0.139. The van der Waals surface area contributed by atoms with Crippen LogP contribution >= 0.6 is 11.6 Å². The van der Waals surface area contributed by atoms with Crippen molar-refractivity contribution >= 4 is 29.1 Å². The number of carbonyl (C=O) groups excluding carboxylic acids is 2. The lowest BCUT2D eigenvalue weighted by Gasteiger charge is -2.44. The van der Waals surface area contributed by atoms with Crippen molar-refractivity contribution in [3.8, 4) is 0 Å². The van der Waals surface area contributed by atoms with Gasteiger partial charge in [-0.1, -0.05) is 41.9 Å². The van der Waals surface area contributed by atoms with E-state index in [0.717, 1.165) is 50.1 Å². The van der Waals surface area contributed by atoms with Gasteiger partial charge in [-0.15, -0.1) is 0 Å². The molecule has 0 aromatic heterocycles. The molecule has 1 fully saturated rings. The van der Waals surface area contributed by atoms with Crippen LogP contribution in [0.1, 0.15) is 44.2 Å². The van der Waals surface area contributed by atoms with E-state index in [9.17, 15) is 9.59 Å². The third kappa shape index (κ3) is 4.80. The second kappa shape index (κ2) is 10.3. The number of fused-ring (bicyclic) bond motifs is 1. The average Bonchev–Trinajstić information content (AvgIpc) is 2.85. The first kappa shape index (κ1) is 23.8. The maximum atomic E-state index is 13.7. The van der Waals surface area contributed by atoms with Crippen LogP contribution in [0, 0.1) is 0 Å². The smallest absolute Gasteiger partial charge is 0.233 e. The van der Waals surface area contributed by atoms with Gasteiger partial charge in [0.05, 0.1) is 5.41 Å². The summed E-state index contributed by atoms with van der Waals surface area (Å²) in [6.07, 6.45) is 2.95. The lowest BCUT2D eigenvalue weighted by atomic mass is 9.71. The highest BCUT2D eigenvalue weighted by atomic mass is 35.5. The molecule has 5 nitrogen and oxygen atoms in total. The molecule has 2 amide bonds. The van der Waals surface area contributed by atoms with E-state index in [4.69, 9.17) is 11.6 Å². The molecule has 2 aliphatic heterocycles. The molecule has 2 aliphatic rings. The fourth-order valence-electron chi connectivity index (χ4n) is 5.35. The Bertz CT molecular complexity index is 979. The van der Waals surface area contributed by atoms with E-state index in [2.05, 4.69) is 17.0 Å². The number of piperidine rings is 1. The van der Waals surface area contributed by atoms with Gasteiger partial charge in [0.25, 0.3) is 0 Å². The third-order valence-electron chi connectivity index (χ3n) is 7.40. The number of hydrogen-bond acceptors (Lipinski definition) is 3. The summed E-state index contributed by atoms with van der Waals surface area (Å²) in [5.74, 6) is 0.424. The maximum absolute atomic E-state index is 13.7. The topological polar surface area (TPSA) is 43.9 Å². The molecule has 0 atom stereocenters. The maximum Gasteiger partial charge on any atom is 0.233 e. The Balaban J connectivity index is 1.47. The number of amides is 2. The minimum Gasteiger partial charge on any atom is -0.342 e. The molecular formula is C27H34ClN3O2. The highest BCUT2D eigenvalue weighted by Crippen LogP contribution is 2.38. The molecule has 6 heteroatoms. The van der Waals surface area contributed by atoms with Crippen molar-refractivity contribution in [2.24, 2.45) is 0 Å². The number of nitrogens with zero attached hydrogens (tertiary/aromatic N) is 3. The van der Waals surface area contributed by atoms with E-state index in [0.29, 0.717) is 31.1 Å². The number of rotatable bonds is 7. The van der Waals surface area contributed by atoms with Crippen molar-refractivity contribution in [3.05, 3.63) is 64.7 Å². The van der Waals surface area contributed by atoms with Crippen molar-refractivity contribution in [2.75, 3.05) is 44.2 Å². The Morgan fingerprint density at radius 2 is 1.64 bits per heavy atom. The predicted molar refractivity (Wildman–Crippen MR) is 134 cm³/mol. The van der Waals surface area contributed by atoms with Crippen molar-refractivity contribution in [3.63, 3.8) is 0 Å². The molecule has 0 radical (unpaired) electrons. The molecule has 176 valence electrons. The molecule has 0 N–H and O–H groups in total. The molecule has 0 spiro atoms. The van der Waals surface area contributed by atoms with Gasteiger partial charge in [0.15, 0.2) is 0 Å². The molecule has 2 heterocycles. The molecule has 1 saturated heterocycles. The Morgan fingerprint density at radius 1 is 0.970 bits per heavy atom. The summed E-state index contributed by atoms with van der Waals surface area (Å²) in [5.41, 5.74) is 2.85. The molecule has 0 unspecified atom stereocenters. The molecule has 4 rings (SSSR count). The van der Waals surface area contributed by atoms with Crippen molar-refractivity contribution < 1.29 is 9.59 Å². The van der Waals surface area contributed by atoms with Crippen LogP contribution in [0.3, 0.4) is 0 Å². The molecule has 2 aromatic rings. The van der Waals surface area contributed by atoms with Gasteiger partial charge in [0.2, 0.25) is 11.8 Å². The largest absolute Gasteiger partial charge is 0.342 e. The highest BCUT2D eigenvalue weighted by molar-refractivity contribution is 6.30. The first-order valence-corrected chi connectivity index (χ1v) is 12.5. The normalized spacial score (nSPS) is 18.2. The number of likely N-dealkylation sites (tertiary alicyclic amines) is 1. The summed E-state index contributed by atoms with van der Waals surface area (Å²) in [5, 5.41) is 0.688. The summed E-state index contributed by atoms with van der Waals surface area (Å²) in [7, 11) is 0. The number of benzene rings is 2. The van der Waals surface area contributed by atoms with Crippen molar-refractivity contribution in [1.82, 2.24) is 9.80 Å². The van der Waals surface area contributed by atoms with Crippen LogP contribution in [0.25, 0.3) is 0 Å². The van der Waals surface area contributed by atoms with Crippen LogP contribution in [-0.2, 0) is 21.4 Å². The van der Waals surface area contributed by atoms with E-state index in [-0.39, 0.29) is 11.8 Å². The Labute approximate surface area is 202 Å². The third-order valence-corrected chi connectivity index (χ3v) is 7.65. The van der Waals surface area contributed by atoms with E-state index in [1.54, 1.807) is 0 Å². The molecule has 0 bridgehead atoms. The predicted octanol–water partition coefficient (Wildman–Crippen LogP) is 4.52. The average molecular weight is 468 g/mol. The first-order valence-electron chi connectivity index (χ1n) is 12.1. The van der Waals surface area contributed by atoms with Gasteiger partial charge in [-0.2, -0.15) is 0 Å². The van der Waals surface area contributed by atoms with Crippen LogP contribution in [0.2, 0.25) is 5.02 Å². The second-order valence-electron chi connectivity index (χ2n) is 9.08. The number of hydrogen-bond donors (Lipinski definition) is 0. The van der Waals surface area contributed by atoms with Crippen molar-refractivity contribution in [1.29, 1.82) is 0 Å². The van der Waals surface area contributed by atoms with Crippen LogP contribution in [-0.4, -0.2) is 60.9 Å². The number of halogens is 1. The van der Waals surface area contributed by atoms with Gasteiger partial charge in [0, 0.05) is 43.3 Å². The van der Waals surface area contributed by atoms with E-state index in [1.165, 1.54) is 5.56 Å². The first-order chi connectivity index (χ1) is 16.0. The standard InChI is InChI=1S/C27H34ClN3O2/c1-3-30(4-2)26(33)27(22-10-12-23(28)13-11-22)15-17-29(18-16-27)19-20-31-24-8-6-5-7-21(24)9-14-25(31)32/h5-8,10-13H,3-4,9,14-20H2,1-2H3. The van der Waals surface area contributed by atoms with Crippen molar-refractivity contribution in [2.45, 2.75) is 44.9 Å². The van der Waals surface area contributed by atoms with Crippen LogP contribution < -0.4 is 4.90 Å². The summed E-state index contributed by atoms with van der Waals surface area (Å²) < 4.78 is 0. The van der Waals surface area contributed by atoms with E-state index in [1.807, 2.05) is 60.0 Å². The summed E-state index contributed by atoms with van der Waals surface area (Å²) >= 11 is 6.14. The van der Waals surface area contributed by atoms with Gasteiger partial charge in [-0.3, -0.25) is 9.59 Å². The van der Waals surface area contributed by atoms with E-state index >= 15 is 0 Å². The highest BCUT2D eigenvalue weighted by Gasteiger charge is 2.44. The quantitative estimate of drug-likeness (QED) is 0.601. The number of para-hydroxylation sites is 1. The molecule has 0 aliphatic carbocycles. The minimum absolute atomic E-state index is 0.206. The van der Waals surface area contributed by atoms with E-state index < -0.39 is 5.41 Å². The fraction of sp³-hybridized carbons (Fsp3) is 0.481. The lowest BCUT2D eigenvalue weighted by Crippen LogP contribution is -2.54. The zero-order chi connectivity index (χ0) is 23.4. The second-order valence-corrected chi connectivity index (χ2v) is 9.52. The SMILES string of the molecule is CCN(CC)C(=O)C1(c2ccc(Cl)cc2)CCN(CCN2C(=O)CCc3ccccc32)CC1. The number of aryl methyl sites for hydroxylation is 1. The number of anilines is 1. The van der Waals surface area contributed by atoms with Gasteiger partial charge >= 0.3 is 0 Å². The zero-order valence-corrected chi connectivity index (χ0v) is 20.5. The van der Waals surface area contributed by atoms with Gasteiger partial charge in [-0.05, 0) is 75.5 Å². The minimum atomic E-state index is -0.513. The van der Waals surface area contributed by atoms with Gasteiger partial charge < -0.3 is 14.7 Å².